The molecule has 6 nitrogen and oxygen atoms in total. The number of methoxy groups -OCH3 is 1. The van der Waals surface area contributed by atoms with Crippen LogP contribution >= 0.6 is 11.6 Å². The molecule has 172 valence electrons. The summed E-state index contributed by atoms with van der Waals surface area (Å²) < 4.78 is 17.1. The van der Waals surface area contributed by atoms with Crippen molar-refractivity contribution in [1.29, 1.82) is 0 Å². The van der Waals surface area contributed by atoms with E-state index in [0.717, 1.165) is 11.1 Å². The van der Waals surface area contributed by atoms with Gasteiger partial charge in [-0.1, -0.05) is 50.6 Å². The predicted molar refractivity (Wildman–Crippen MR) is 124 cm³/mol. The Morgan fingerprint density at radius 3 is 2.53 bits per heavy atom. The Labute approximate surface area is 194 Å². The van der Waals surface area contributed by atoms with Crippen molar-refractivity contribution >= 4 is 29.2 Å². The van der Waals surface area contributed by atoms with E-state index in [-0.39, 0.29) is 24.3 Å². The number of amides is 1. The first-order valence-electron chi connectivity index (χ1n) is 10.7. The molecule has 0 radical (unpaired) electrons. The molecule has 7 heteroatoms. The Balaban J connectivity index is 2.19. The first-order valence-corrected chi connectivity index (χ1v) is 11.1. The molecule has 0 saturated carbocycles. The number of benzene rings is 2. The molecule has 0 aromatic heterocycles. The summed E-state index contributed by atoms with van der Waals surface area (Å²) in [5.41, 5.74) is 2.01. The van der Waals surface area contributed by atoms with Crippen molar-refractivity contribution in [2.45, 2.75) is 46.3 Å². The molecule has 0 N–H and O–H groups in total. The summed E-state index contributed by atoms with van der Waals surface area (Å²) in [4.78, 5) is 27.7. The van der Waals surface area contributed by atoms with Crippen molar-refractivity contribution in [3.63, 3.8) is 0 Å². The van der Waals surface area contributed by atoms with E-state index in [2.05, 4.69) is 20.8 Å². The van der Waals surface area contributed by atoms with Gasteiger partial charge in [0.2, 0.25) is 0 Å². The number of carbonyl (C=O) groups excluding carboxylic acids is 2. The molecule has 2 aromatic carbocycles. The van der Waals surface area contributed by atoms with Gasteiger partial charge in [-0.25, -0.2) is 0 Å². The molecule has 2 aromatic rings. The van der Waals surface area contributed by atoms with Crippen LogP contribution in [0.2, 0.25) is 5.02 Å². The number of fused-ring (bicyclic) bond motifs is 1. The molecule has 1 heterocycles. The molecule has 0 spiro atoms. The molecule has 0 fully saturated rings. The van der Waals surface area contributed by atoms with E-state index < -0.39 is 18.2 Å². The number of para-hydroxylation sites is 1. The van der Waals surface area contributed by atoms with Crippen LogP contribution in [0.3, 0.4) is 0 Å². The van der Waals surface area contributed by atoms with Gasteiger partial charge in [0.05, 0.1) is 20.1 Å². The number of hydrogen-bond donors (Lipinski definition) is 0. The molecule has 2 atom stereocenters. The van der Waals surface area contributed by atoms with Crippen molar-refractivity contribution in [1.82, 2.24) is 0 Å². The highest BCUT2D eigenvalue weighted by Gasteiger charge is 2.40. The van der Waals surface area contributed by atoms with Gasteiger partial charge >= 0.3 is 5.97 Å². The van der Waals surface area contributed by atoms with Gasteiger partial charge in [0.1, 0.15) is 18.0 Å². The lowest BCUT2D eigenvalue weighted by molar-refractivity contribution is -0.151. The SMILES string of the molecule is CCOC(=O)C[C@H]1O[C@H](c2ccccc2OC)c2cc(Cl)ccc2N(CC(C)(C)C)C1=O. The Kier molecular flexibility index (Phi) is 7.47. The van der Waals surface area contributed by atoms with Crippen molar-refractivity contribution in [2.75, 3.05) is 25.2 Å². The van der Waals surface area contributed by atoms with Gasteiger partial charge in [-0.15, -0.1) is 0 Å². The second kappa shape index (κ2) is 9.92. The van der Waals surface area contributed by atoms with Gasteiger partial charge in [0.25, 0.3) is 5.91 Å². The van der Waals surface area contributed by atoms with Crippen LogP contribution in [0.4, 0.5) is 5.69 Å². The summed E-state index contributed by atoms with van der Waals surface area (Å²) in [6, 6.07) is 12.9. The number of ether oxygens (including phenoxy) is 3. The minimum absolute atomic E-state index is 0.180. The summed E-state index contributed by atoms with van der Waals surface area (Å²) in [5, 5.41) is 0.527. The summed E-state index contributed by atoms with van der Waals surface area (Å²) in [6.07, 6.45) is -1.86. The van der Waals surface area contributed by atoms with Crippen LogP contribution in [0.1, 0.15) is 51.3 Å². The topological polar surface area (TPSA) is 65.1 Å². The van der Waals surface area contributed by atoms with Crippen LogP contribution in [-0.4, -0.2) is 38.2 Å². The van der Waals surface area contributed by atoms with Gasteiger partial charge in [-0.3, -0.25) is 9.59 Å². The third-order valence-corrected chi connectivity index (χ3v) is 5.35. The number of esters is 1. The lowest BCUT2D eigenvalue weighted by atomic mass is 9.94. The molecule has 1 aliphatic rings. The highest BCUT2D eigenvalue weighted by atomic mass is 35.5. The van der Waals surface area contributed by atoms with Crippen LogP contribution in [0.15, 0.2) is 42.5 Å². The lowest BCUT2D eigenvalue weighted by Gasteiger charge is -2.31. The van der Waals surface area contributed by atoms with E-state index in [0.29, 0.717) is 23.0 Å². The van der Waals surface area contributed by atoms with Gasteiger partial charge in [0, 0.05) is 28.4 Å². The number of rotatable bonds is 6. The highest BCUT2D eigenvalue weighted by Crippen LogP contribution is 2.43. The molecule has 0 saturated heterocycles. The average molecular weight is 460 g/mol. The normalized spacial score (nSPS) is 18.7. The van der Waals surface area contributed by atoms with E-state index >= 15 is 0 Å². The largest absolute Gasteiger partial charge is 0.496 e. The Hall–Kier alpha value is -2.57. The van der Waals surface area contributed by atoms with E-state index in [9.17, 15) is 9.59 Å². The second-order valence-electron chi connectivity index (χ2n) is 8.94. The molecular weight excluding hydrogens is 430 g/mol. The van der Waals surface area contributed by atoms with Crippen molar-refractivity contribution in [3.8, 4) is 5.75 Å². The van der Waals surface area contributed by atoms with Crippen LogP contribution in [0.5, 0.6) is 5.75 Å². The fourth-order valence-corrected chi connectivity index (χ4v) is 4.02. The monoisotopic (exact) mass is 459 g/mol. The molecule has 1 aliphatic heterocycles. The fraction of sp³-hybridized carbons (Fsp3) is 0.440. The minimum atomic E-state index is -1.02. The number of nitrogens with zero attached hydrogens (tertiary/aromatic N) is 1. The number of anilines is 1. The van der Waals surface area contributed by atoms with E-state index in [1.807, 2.05) is 36.4 Å². The van der Waals surface area contributed by atoms with Crippen LogP contribution in [0.25, 0.3) is 0 Å². The second-order valence-corrected chi connectivity index (χ2v) is 9.38. The Morgan fingerprint density at radius 2 is 1.88 bits per heavy atom. The zero-order chi connectivity index (χ0) is 23.5. The minimum Gasteiger partial charge on any atom is -0.496 e. The smallest absolute Gasteiger partial charge is 0.308 e. The van der Waals surface area contributed by atoms with E-state index in [4.69, 9.17) is 25.8 Å². The maximum absolute atomic E-state index is 13.7. The molecule has 0 unspecified atom stereocenters. The molecular formula is C25H30ClNO5. The Bertz CT molecular complexity index is 985. The average Bonchev–Trinajstić information content (AvgIpc) is 2.83. The highest BCUT2D eigenvalue weighted by molar-refractivity contribution is 6.30. The molecule has 32 heavy (non-hydrogen) atoms. The molecule has 0 bridgehead atoms. The van der Waals surface area contributed by atoms with Gasteiger partial charge < -0.3 is 19.1 Å². The predicted octanol–water partition coefficient (Wildman–Crippen LogP) is 5.17. The summed E-state index contributed by atoms with van der Waals surface area (Å²) >= 11 is 6.37. The van der Waals surface area contributed by atoms with Crippen LogP contribution < -0.4 is 9.64 Å². The first kappa shape index (κ1) is 24.1. The summed E-state index contributed by atoms with van der Waals surface area (Å²) in [5.74, 6) is -0.145. The molecule has 1 amide bonds. The third-order valence-electron chi connectivity index (χ3n) is 5.12. The van der Waals surface area contributed by atoms with E-state index in [1.165, 1.54) is 0 Å². The summed E-state index contributed by atoms with van der Waals surface area (Å²) in [6.45, 7) is 8.58. The Morgan fingerprint density at radius 1 is 1.16 bits per heavy atom. The number of halogens is 1. The molecule has 3 rings (SSSR count). The number of carbonyl (C=O) groups is 2. The van der Waals surface area contributed by atoms with Crippen molar-refractivity contribution < 1.29 is 23.8 Å². The maximum atomic E-state index is 13.7. The maximum Gasteiger partial charge on any atom is 0.308 e. The number of hydrogen-bond acceptors (Lipinski definition) is 5. The van der Waals surface area contributed by atoms with Crippen molar-refractivity contribution in [3.05, 3.63) is 58.6 Å². The van der Waals surface area contributed by atoms with E-state index in [1.54, 1.807) is 25.0 Å². The zero-order valence-electron chi connectivity index (χ0n) is 19.2. The van der Waals surface area contributed by atoms with Crippen molar-refractivity contribution in [2.24, 2.45) is 5.41 Å². The lowest BCUT2D eigenvalue weighted by Crippen LogP contribution is -2.44. The van der Waals surface area contributed by atoms with Gasteiger partial charge in [0.15, 0.2) is 0 Å². The quantitative estimate of drug-likeness (QED) is 0.557. The van der Waals surface area contributed by atoms with Crippen LogP contribution in [0, 0.1) is 5.41 Å². The standard InChI is InChI=1S/C25H30ClNO5/c1-6-31-22(28)14-21-24(29)27(15-25(2,3)4)19-12-11-16(26)13-18(19)23(32-21)17-9-7-8-10-20(17)30-5/h7-13,21,23H,6,14-15H2,1-5H3/t21-,23-/m1/s1. The van der Waals surface area contributed by atoms with Gasteiger partial charge in [-0.05, 0) is 36.6 Å². The van der Waals surface area contributed by atoms with Crippen LogP contribution in [-0.2, 0) is 19.1 Å². The third kappa shape index (κ3) is 5.43. The van der Waals surface area contributed by atoms with Gasteiger partial charge in [-0.2, -0.15) is 0 Å². The zero-order valence-corrected chi connectivity index (χ0v) is 19.9. The first-order chi connectivity index (χ1) is 15.1. The fourth-order valence-electron chi connectivity index (χ4n) is 3.84. The summed E-state index contributed by atoms with van der Waals surface area (Å²) in [7, 11) is 1.58. The molecule has 0 aliphatic carbocycles.